The number of aryl methyl sites for hydroxylation is 1. The molecule has 2 aromatic rings. The van der Waals surface area contributed by atoms with Crippen molar-refractivity contribution in [3.63, 3.8) is 0 Å². The van der Waals surface area contributed by atoms with E-state index in [2.05, 4.69) is 15.5 Å². The van der Waals surface area contributed by atoms with Gasteiger partial charge in [0.15, 0.2) is 0 Å². The van der Waals surface area contributed by atoms with E-state index in [1.807, 2.05) is 6.07 Å². The Labute approximate surface area is 109 Å². The van der Waals surface area contributed by atoms with Crippen LogP contribution in [0.2, 0.25) is 0 Å². The lowest BCUT2D eigenvalue weighted by Gasteiger charge is -2.01. The van der Waals surface area contributed by atoms with Crippen LogP contribution in [-0.2, 0) is 7.05 Å². The zero-order valence-electron chi connectivity index (χ0n) is 10.3. The lowest BCUT2D eigenvalue weighted by atomic mass is 10.2. The lowest BCUT2D eigenvalue weighted by molar-refractivity contribution is 0.0953. The third-order valence-electron chi connectivity index (χ3n) is 2.42. The topological polar surface area (TPSA) is 76.3 Å². The molecular formula is C13H12N4O2. The Morgan fingerprint density at radius 2 is 2.21 bits per heavy atom. The molecule has 2 aromatic heterocycles. The third-order valence-corrected chi connectivity index (χ3v) is 2.42. The molecule has 0 aliphatic rings. The maximum absolute atomic E-state index is 11.7. The smallest absolute Gasteiger partial charge is 0.276 e. The summed E-state index contributed by atoms with van der Waals surface area (Å²) >= 11 is 0. The molecule has 6 nitrogen and oxygen atoms in total. The maximum Gasteiger partial charge on any atom is 0.276 e. The van der Waals surface area contributed by atoms with Gasteiger partial charge in [-0.15, -0.1) is 0 Å². The van der Waals surface area contributed by atoms with E-state index in [4.69, 9.17) is 0 Å². The number of amides is 1. The second-order valence-electron chi connectivity index (χ2n) is 3.79. The Kier molecular flexibility index (Phi) is 3.82. The number of aromatic nitrogens is 2. The van der Waals surface area contributed by atoms with Gasteiger partial charge in [-0.2, -0.15) is 5.10 Å². The van der Waals surface area contributed by atoms with Gasteiger partial charge < -0.3 is 4.57 Å². The molecule has 1 N–H and O–H groups in total. The average Bonchev–Trinajstić information content (AvgIpc) is 2.43. The minimum absolute atomic E-state index is 0.0446. The first-order valence-corrected chi connectivity index (χ1v) is 5.58. The zero-order chi connectivity index (χ0) is 13.7. The molecule has 19 heavy (non-hydrogen) atoms. The molecule has 96 valence electrons. The second kappa shape index (κ2) is 5.72. The van der Waals surface area contributed by atoms with Gasteiger partial charge in [0.25, 0.3) is 11.5 Å². The Morgan fingerprint density at radius 1 is 1.37 bits per heavy atom. The summed E-state index contributed by atoms with van der Waals surface area (Å²) in [6.45, 7) is 0. The lowest BCUT2D eigenvalue weighted by Crippen LogP contribution is -2.29. The fraction of sp³-hybridized carbons (Fsp3) is 0.0769. The largest absolute Gasteiger partial charge is 0.318 e. The van der Waals surface area contributed by atoms with Gasteiger partial charge >= 0.3 is 0 Å². The van der Waals surface area contributed by atoms with E-state index in [9.17, 15) is 9.59 Å². The fourth-order valence-corrected chi connectivity index (χ4v) is 1.44. The van der Waals surface area contributed by atoms with E-state index >= 15 is 0 Å². The molecule has 1 amide bonds. The molecule has 0 aliphatic heterocycles. The maximum atomic E-state index is 11.7. The SMILES string of the molecule is Cn1cccc(C(=O)N/N=C\c2ccccn2)c1=O. The Balaban J connectivity index is 2.08. The van der Waals surface area contributed by atoms with Crippen LogP contribution >= 0.6 is 0 Å². The summed E-state index contributed by atoms with van der Waals surface area (Å²) in [5, 5.41) is 3.75. The normalized spacial score (nSPS) is 10.6. The molecule has 0 aromatic carbocycles. The van der Waals surface area contributed by atoms with Crippen molar-refractivity contribution in [3.8, 4) is 0 Å². The number of nitrogens with one attached hydrogen (secondary N) is 1. The van der Waals surface area contributed by atoms with Crippen LogP contribution in [-0.4, -0.2) is 21.7 Å². The average molecular weight is 256 g/mol. The van der Waals surface area contributed by atoms with Crippen molar-refractivity contribution < 1.29 is 4.79 Å². The van der Waals surface area contributed by atoms with Gasteiger partial charge in [0.1, 0.15) is 5.56 Å². The molecule has 0 saturated carbocycles. The molecule has 0 radical (unpaired) electrons. The van der Waals surface area contributed by atoms with Crippen LogP contribution < -0.4 is 11.0 Å². The summed E-state index contributed by atoms with van der Waals surface area (Å²) < 4.78 is 1.33. The number of hydrogen-bond donors (Lipinski definition) is 1. The van der Waals surface area contributed by atoms with E-state index in [0.29, 0.717) is 5.69 Å². The van der Waals surface area contributed by atoms with E-state index in [1.165, 1.54) is 16.8 Å². The summed E-state index contributed by atoms with van der Waals surface area (Å²) in [6.07, 6.45) is 4.61. The number of carbonyl (C=O) groups is 1. The van der Waals surface area contributed by atoms with Crippen LogP contribution in [0.1, 0.15) is 16.1 Å². The van der Waals surface area contributed by atoms with Crippen LogP contribution in [0, 0.1) is 0 Å². The molecule has 0 aliphatic carbocycles. The molecule has 2 rings (SSSR count). The second-order valence-corrected chi connectivity index (χ2v) is 3.79. The van der Waals surface area contributed by atoms with Crippen LogP contribution in [0.25, 0.3) is 0 Å². The van der Waals surface area contributed by atoms with Gasteiger partial charge in [0, 0.05) is 19.4 Å². The fourth-order valence-electron chi connectivity index (χ4n) is 1.44. The Morgan fingerprint density at radius 3 is 2.95 bits per heavy atom. The van der Waals surface area contributed by atoms with E-state index < -0.39 is 5.91 Å². The Bertz CT molecular complexity index is 662. The summed E-state index contributed by atoms with van der Waals surface area (Å²) in [5.74, 6) is -0.548. The number of carbonyl (C=O) groups excluding carboxylic acids is 1. The summed E-state index contributed by atoms with van der Waals surface area (Å²) in [6, 6.07) is 8.41. The molecule has 0 atom stereocenters. The molecule has 0 saturated heterocycles. The molecular weight excluding hydrogens is 244 g/mol. The first kappa shape index (κ1) is 12.7. The van der Waals surface area contributed by atoms with Crippen molar-refractivity contribution >= 4 is 12.1 Å². The monoisotopic (exact) mass is 256 g/mol. The molecule has 6 heteroatoms. The van der Waals surface area contributed by atoms with Crippen molar-refractivity contribution in [2.24, 2.45) is 12.1 Å². The zero-order valence-corrected chi connectivity index (χ0v) is 10.3. The molecule has 2 heterocycles. The van der Waals surface area contributed by atoms with Crippen molar-refractivity contribution in [2.45, 2.75) is 0 Å². The minimum atomic E-state index is -0.548. The highest BCUT2D eigenvalue weighted by atomic mass is 16.2. The van der Waals surface area contributed by atoms with Gasteiger partial charge in [0.2, 0.25) is 0 Å². The predicted molar refractivity (Wildman–Crippen MR) is 71.0 cm³/mol. The number of hydrogen-bond acceptors (Lipinski definition) is 4. The summed E-state index contributed by atoms with van der Waals surface area (Å²) in [7, 11) is 1.58. The number of nitrogens with zero attached hydrogens (tertiary/aromatic N) is 3. The highest BCUT2D eigenvalue weighted by molar-refractivity contribution is 5.94. The van der Waals surface area contributed by atoms with Crippen molar-refractivity contribution in [3.05, 3.63) is 64.3 Å². The van der Waals surface area contributed by atoms with Crippen LogP contribution in [0.5, 0.6) is 0 Å². The molecule has 0 spiro atoms. The standard InChI is InChI=1S/C13H12N4O2/c1-17-8-4-6-11(13(17)19)12(18)16-15-9-10-5-2-3-7-14-10/h2-9H,1H3,(H,16,18)/b15-9-. The Hall–Kier alpha value is -2.76. The van der Waals surface area contributed by atoms with Crippen molar-refractivity contribution in [2.75, 3.05) is 0 Å². The van der Waals surface area contributed by atoms with Crippen molar-refractivity contribution in [1.82, 2.24) is 15.0 Å². The molecule has 0 unspecified atom stereocenters. The van der Waals surface area contributed by atoms with Crippen molar-refractivity contribution in [1.29, 1.82) is 0 Å². The van der Waals surface area contributed by atoms with E-state index in [-0.39, 0.29) is 11.1 Å². The van der Waals surface area contributed by atoms with Gasteiger partial charge in [-0.25, -0.2) is 5.43 Å². The first-order valence-electron chi connectivity index (χ1n) is 5.58. The van der Waals surface area contributed by atoms with Gasteiger partial charge in [0.05, 0.1) is 11.9 Å². The first-order chi connectivity index (χ1) is 9.18. The van der Waals surface area contributed by atoms with Crippen LogP contribution in [0.4, 0.5) is 0 Å². The van der Waals surface area contributed by atoms with Crippen LogP contribution in [0.3, 0.4) is 0 Å². The number of hydrazone groups is 1. The highest BCUT2D eigenvalue weighted by Gasteiger charge is 2.09. The molecule has 0 bridgehead atoms. The number of pyridine rings is 2. The van der Waals surface area contributed by atoms with Gasteiger partial charge in [-0.05, 0) is 24.3 Å². The third kappa shape index (κ3) is 3.12. The van der Waals surface area contributed by atoms with E-state index in [0.717, 1.165) is 0 Å². The van der Waals surface area contributed by atoms with Crippen LogP contribution in [0.15, 0.2) is 52.6 Å². The summed E-state index contributed by atoms with van der Waals surface area (Å²) in [4.78, 5) is 27.4. The van der Waals surface area contributed by atoms with E-state index in [1.54, 1.807) is 37.6 Å². The summed E-state index contributed by atoms with van der Waals surface area (Å²) in [5.41, 5.74) is 2.58. The van der Waals surface area contributed by atoms with Gasteiger partial charge in [-0.1, -0.05) is 6.07 Å². The highest BCUT2D eigenvalue weighted by Crippen LogP contribution is 1.91. The minimum Gasteiger partial charge on any atom is -0.318 e. The number of rotatable bonds is 3. The predicted octanol–water partition coefficient (Wildman–Crippen LogP) is 0.544. The molecule has 0 fully saturated rings. The quantitative estimate of drug-likeness (QED) is 0.643. The van der Waals surface area contributed by atoms with Gasteiger partial charge in [-0.3, -0.25) is 14.6 Å².